The molecule has 0 fully saturated rings. The van der Waals surface area contributed by atoms with Crippen LogP contribution in [0.15, 0.2) is 95.5 Å². The van der Waals surface area contributed by atoms with E-state index in [1.807, 2.05) is 55.0 Å². The highest BCUT2D eigenvalue weighted by Gasteiger charge is 2.39. The zero-order valence-electron chi connectivity index (χ0n) is 20.8. The number of nitrogens with zero attached hydrogens (tertiary/aromatic N) is 2. The van der Waals surface area contributed by atoms with E-state index in [1.165, 1.54) is 15.9 Å². The maximum Gasteiger partial charge on any atom is 0.550 e. The number of Topliss-reactive ketones (excluding diaryl/α,β-unsaturated/α-hetero) is 1. The minimum absolute atomic E-state index is 0.193. The Morgan fingerprint density at radius 3 is 2.73 bits per heavy atom. The Kier molecular flexibility index (Phi) is 6.67. The van der Waals surface area contributed by atoms with E-state index in [0.29, 0.717) is 17.2 Å². The maximum atomic E-state index is 13.8. The number of ketones is 1. The number of hydrogen-bond acceptors (Lipinski definition) is 6. The van der Waals surface area contributed by atoms with Crippen LogP contribution in [0.25, 0.3) is 10.6 Å². The summed E-state index contributed by atoms with van der Waals surface area (Å²) in [4.78, 5) is 31.2. The lowest BCUT2D eigenvalue weighted by Gasteiger charge is -2.27. The first-order valence-electron chi connectivity index (χ1n) is 11.9. The molecule has 0 spiro atoms. The van der Waals surface area contributed by atoms with Crippen LogP contribution in [0.1, 0.15) is 36.8 Å². The number of allylic oxidation sites excluding steroid dienone is 1. The van der Waals surface area contributed by atoms with Crippen molar-refractivity contribution in [2.24, 2.45) is 0 Å². The number of pyridine rings is 1. The van der Waals surface area contributed by atoms with Gasteiger partial charge in [0.1, 0.15) is 12.2 Å². The molecule has 0 radical (unpaired) electrons. The number of ether oxygens (including phenoxy) is 2. The number of carbonyl (C=O) groups excluding carboxylic acids is 2. The monoisotopic (exact) mass is 513 g/mol. The molecule has 188 valence electrons. The van der Waals surface area contributed by atoms with E-state index in [1.54, 1.807) is 50.8 Å². The Bertz CT molecular complexity index is 1420. The average Bonchev–Trinajstić information content (AvgIpc) is 3.52. The third-order valence-electron chi connectivity index (χ3n) is 5.75. The molecule has 1 aliphatic heterocycles. The van der Waals surface area contributed by atoms with Crippen LogP contribution in [0.2, 0.25) is 0 Å². The van der Waals surface area contributed by atoms with Crippen molar-refractivity contribution in [1.29, 1.82) is 0 Å². The van der Waals surface area contributed by atoms with Crippen LogP contribution in [-0.2, 0) is 16.1 Å². The van der Waals surface area contributed by atoms with E-state index in [0.717, 1.165) is 22.5 Å². The van der Waals surface area contributed by atoms with Gasteiger partial charge in [0.15, 0.2) is 0 Å². The van der Waals surface area contributed by atoms with Gasteiger partial charge in [-0.25, -0.2) is 4.79 Å². The molecule has 1 atom stereocenters. The lowest BCUT2D eigenvalue weighted by atomic mass is 9.93. The summed E-state index contributed by atoms with van der Waals surface area (Å²) < 4.78 is 13.0. The lowest BCUT2D eigenvalue weighted by Crippen LogP contribution is -2.50. The fraction of sp³-hybridized carbons (Fsp3) is 0.207. The van der Waals surface area contributed by atoms with Gasteiger partial charge in [-0.15, -0.1) is 22.6 Å². The third-order valence-corrected chi connectivity index (χ3v) is 6.73. The van der Waals surface area contributed by atoms with E-state index in [2.05, 4.69) is 10.3 Å². The Hall–Kier alpha value is -4.17. The summed E-state index contributed by atoms with van der Waals surface area (Å²) >= 11 is 1.30. The first-order chi connectivity index (χ1) is 17.8. The molecule has 0 amide bonds. The second kappa shape index (κ2) is 10.1. The van der Waals surface area contributed by atoms with Gasteiger partial charge in [-0.05, 0) is 50.3 Å². The van der Waals surface area contributed by atoms with E-state index in [9.17, 15) is 9.59 Å². The van der Waals surface area contributed by atoms with Gasteiger partial charge >= 0.3 is 11.1 Å². The smallest absolute Gasteiger partial charge is 0.515 e. The van der Waals surface area contributed by atoms with Crippen molar-refractivity contribution in [2.75, 3.05) is 0 Å². The Balaban J connectivity index is 1.39. The predicted octanol–water partition coefficient (Wildman–Crippen LogP) is 5.16. The van der Waals surface area contributed by atoms with Gasteiger partial charge in [-0.2, -0.15) is 6.08 Å². The topological polar surface area (TPSA) is 81.4 Å². The van der Waals surface area contributed by atoms with Crippen molar-refractivity contribution >= 4 is 23.2 Å². The highest BCUT2D eigenvalue weighted by molar-refractivity contribution is 7.13. The summed E-state index contributed by atoms with van der Waals surface area (Å²) in [5.74, 6) is 0.458. The molecule has 2 aromatic heterocycles. The zero-order valence-corrected chi connectivity index (χ0v) is 21.6. The number of carbonyl (C=O) groups is 2. The first-order valence-corrected chi connectivity index (χ1v) is 12.8. The van der Waals surface area contributed by atoms with Crippen LogP contribution in [0.5, 0.6) is 0 Å². The normalized spacial score (nSPS) is 16.4. The molecule has 5 rings (SSSR count). The highest BCUT2D eigenvalue weighted by Crippen LogP contribution is 2.31. The second-order valence-electron chi connectivity index (χ2n) is 9.65. The fourth-order valence-corrected chi connectivity index (χ4v) is 5.04. The van der Waals surface area contributed by atoms with Crippen LogP contribution in [0.4, 0.5) is 4.79 Å². The largest absolute Gasteiger partial charge is 0.550 e. The van der Waals surface area contributed by atoms with Crippen LogP contribution >= 0.6 is 11.3 Å². The van der Waals surface area contributed by atoms with Crippen molar-refractivity contribution < 1.29 is 23.6 Å². The number of fused-ring (bicyclic) bond motifs is 1. The van der Waals surface area contributed by atoms with Crippen LogP contribution in [0.3, 0.4) is 0 Å². The number of thiazole rings is 1. The van der Waals surface area contributed by atoms with E-state index in [-0.39, 0.29) is 17.5 Å². The molecule has 1 aliphatic carbocycles. The van der Waals surface area contributed by atoms with Crippen LogP contribution in [0, 0.1) is 6.42 Å². The van der Waals surface area contributed by atoms with E-state index >= 15 is 0 Å². The lowest BCUT2D eigenvalue weighted by molar-refractivity contribution is -0.574. The summed E-state index contributed by atoms with van der Waals surface area (Å²) in [6, 6.07) is 13.4. The zero-order chi connectivity index (χ0) is 26.0. The molecular weight excluding hydrogens is 486 g/mol. The quantitative estimate of drug-likeness (QED) is 0.212. The number of hydrogen-bond donors (Lipinski definition) is 1. The minimum Gasteiger partial charge on any atom is -0.515 e. The molecule has 8 heteroatoms. The number of nitrogens with one attached hydrogen (secondary N) is 1. The SMILES string of the molecule is CC(C)(C)OC(=O)[n+]1c(C(=O)C2=CNC3C=C(OCc4ccccc4)[CH-]C=C23)c[s+][c-]1-c1cccnc1. The van der Waals surface area contributed by atoms with Crippen molar-refractivity contribution in [3.8, 4) is 10.6 Å². The number of benzene rings is 1. The van der Waals surface area contributed by atoms with Crippen molar-refractivity contribution in [3.63, 3.8) is 0 Å². The van der Waals surface area contributed by atoms with Gasteiger partial charge in [0.2, 0.25) is 28.2 Å². The molecule has 2 aliphatic rings. The summed E-state index contributed by atoms with van der Waals surface area (Å²) in [6.07, 6.45) is 10.1. The Morgan fingerprint density at radius 2 is 2.00 bits per heavy atom. The molecule has 1 unspecified atom stereocenters. The van der Waals surface area contributed by atoms with Crippen LogP contribution < -0.4 is 9.88 Å². The van der Waals surface area contributed by atoms with Crippen molar-refractivity contribution in [3.05, 3.63) is 113 Å². The summed E-state index contributed by atoms with van der Waals surface area (Å²) in [6.45, 7) is 5.84. The molecular formula is C29H27N3O4S. The molecule has 3 aromatic rings. The fourth-order valence-electron chi connectivity index (χ4n) is 4.07. The van der Waals surface area contributed by atoms with Gasteiger partial charge in [0.05, 0.1) is 0 Å². The molecule has 1 aromatic carbocycles. The summed E-state index contributed by atoms with van der Waals surface area (Å²) in [5.41, 5.74) is 2.63. The van der Waals surface area contributed by atoms with Gasteiger partial charge in [0, 0.05) is 17.5 Å². The average molecular weight is 514 g/mol. The second-order valence-corrected chi connectivity index (χ2v) is 10.5. The highest BCUT2D eigenvalue weighted by atomic mass is 32.1. The first kappa shape index (κ1) is 24.5. The van der Waals surface area contributed by atoms with Gasteiger partial charge in [-0.3, -0.25) is 9.78 Å². The molecule has 7 nitrogen and oxygen atoms in total. The van der Waals surface area contributed by atoms with Crippen molar-refractivity contribution in [1.82, 2.24) is 10.3 Å². The van der Waals surface area contributed by atoms with Gasteiger partial charge < -0.3 is 14.8 Å². The van der Waals surface area contributed by atoms with Gasteiger partial charge in [-0.1, -0.05) is 42.5 Å². The van der Waals surface area contributed by atoms with E-state index in [4.69, 9.17) is 9.47 Å². The molecule has 3 heterocycles. The minimum atomic E-state index is -0.723. The predicted molar refractivity (Wildman–Crippen MR) is 140 cm³/mol. The molecule has 37 heavy (non-hydrogen) atoms. The molecule has 0 saturated carbocycles. The standard InChI is InChI=1S/C29H27N3O4S/c1-29(2,3)36-28(34)32-25(18-37-27(32)20-10-7-13-30-15-20)26(33)23-16-31-24-14-21(11-12-22(23)24)35-17-19-8-5-4-6-9-19/h4-16,18,24,31H,17H2,1-3H3. The van der Waals surface area contributed by atoms with Crippen LogP contribution in [-0.4, -0.2) is 28.5 Å². The van der Waals surface area contributed by atoms with Gasteiger partial charge in [0.25, 0.3) is 0 Å². The Labute approximate surface area is 219 Å². The third kappa shape index (κ3) is 5.34. The maximum absolute atomic E-state index is 13.8. The molecule has 0 saturated heterocycles. The summed E-state index contributed by atoms with van der Waals surface area (Å²) in [5, 5.41) is 5.53. The summed E-state index contributed by atoms with van der Waals surface area (Å²) in [7, 11) is 0. The molecule has 1 N–H and O–H groups in total. The Morgan fingerprint density at radius 1 is 1.19 bits per heavy atom. The number of aromatic nitrogens is 2. The van der Waals surface area contributed by atoms with Crippen molar-refractivity contribution in [2.45, 2.75) is 39.0 Å². The van der Waals surface area contributed by atoms with E-state index < -0.39 is 11.7 Å². The number of rotatable bonds is 6. The molecule has 0 bridgehead atoms.